The molecular formula is C20H20N4OS. The van der Waals surface area contributed by atoms with E-state index in [1.807, 2.05) is 37.6 Å². The van der Waals surface area contributed by atoms with Crippen molar-refractivity contribution in [2.24, 2.45) is 7.05 Å². The highest BCUT2D eigenvalue weighted by molar-refractivity contribution is 7.16. The number of anilines is 1. The predicted octanol–water partition coefficient (Wildman–Crippen LogP) is 4.00. The van der Waals surface area contributed by atoms with Crippen molar-refractivity contribution in [2.45, 2.75) is 39.5 Å². The van der Waals surface area contributed by atoms with Crippen LogP contribution in [-0.2, 0) is 24.7 Å². The second kappa shape index (κ2) is 7.19. The fraction of sp³-hybridized carbons (Fsp3) is 0.350. The molecule has 1 N–H and O–H groups in total. The fourth-order valence-electron chi connectivity index (χ4n) is 3.28. The van der Waals surface area contributed by atoms with Crippen molar-refractivity contribution < 1.29 is 4.79 Å². The normalized spacial score (nSPS) is 13.7. The predicted molar refractivity (Wildman–Crippen MR) is 103 cm³/mol. The van der Waals surface area contributed by atoms with Crippen LogP contribution in [0.5, 0.6) is 0 Å². The van der Waals surface area contributed by atoms with Crippen LogP contribution in [0, 0.1) is 36.5 Å². The van der Waals surface area contributed by atoms with E-state index >= 15 is 0 Å². The van der Waals surface area contributed by atoms with Crippen LogP contribution in [0.2, 0.25) is 0 Å². The molecule has 0 fully saturated rings. The monoisotopic (exact) mass is 364 g/mol. The molecule has 0 radical (unpaired) electrons. The summed E-state index contributed by atoms with van der Waals surface area (Å²) in [5.41, 5.74) is 4.56. The number of nitrogens with one attached hydrogen (secondary N) is 1. The smallest absolute Gasteiger partial charge is 0.266 e. The van der Waals surface area contributed by atoms with Crippen molar-refractivity contribution in [3.8, 4) is 12.1 Å². The Balaban J connectivity index is 1.90. The molecule has 2 aromatic heterocycles. The third-order valence-electron chi connectivity index (χ3n) is 4.99. The number of aromatic nitrogens is 1. The quantitative estimate of drug-likeness (QED) is 0.660. The summed E-state index contributed by atoms with van der Waals surface area (Å²) in [6, 6.07) is 6.16. The van der Waals surface area contributed by atoms with Crippen LogP contribution in [0.3, 0.4) is 0 Å². The first kappa shape index (κ1) is 18.0. The highest BCUT2D eigenvalue weighted by Gasteiger charge is 2.22. The van der Waals surface area contributed by atoms with Crippen molar-refractivity contribution in [3.63, 3.8) is 0 Å². The lowest BCUT2D eigenvalue weighted by atomic mass is 9.96. The molecule has 0 atom stereocenters. The minimum absolute atomic E-state index is 0.0361. The third kappa shape index (κ3) is 3.16. The van der Waals surface area contributed by atoms with Gasteiger partial charge in [-0.15, -0.1) is 11.3 Å². The molecule has 2 aromatic rings. The molecule has 1 amide bonds. The number of nitrogens with zero attached hydrogens (tertiary/aromatic N) is 3. The zero-order valence-corrected chi connectivity index (χ0v) is 16.0. The van der Waals surface area contributed by atoms with Crippen LogP contribution in [0.1, 0.15) is 45.8 Å². The summed E-state index contributed by atoms with van der Waals surface area (Å²) in [5, 5.41) is 22.3. The summed E-state index contributed by atoms with van der Waals surface area (Å²) in [4.78, 5) is 13.8. The first-order valence-electron chi connectivity index (χ1n) is 8.57. The first-order chi connectivity index (χ1) is 12.5. The van der Waals surface area contributed by atoms with Gasteiger partial charge in [0.1, 0.15) is 22.7 Å². The van der Waals surface area contributed by atoms with Crippen LogP contribution in [0.4, 0.5) is 5.00 Å². The number of nitriles is 2. The molecule has 2 heterocycles. The number of rotatable bonds is 3. The Morgan fingerprint density at radius 3 is 2.65 bits per heavy atom. The lowest BCUT2D eigenvalue weighted by molar-refractivity contribution is -0.112. The van der Waals surface area contributed by atoms with Gasteiger partial charge in [0.05, 0.1) is 5.56 Å². The molecule has 6 heteroatoms. The highest BCUT2D eigenvalue weighted by Crippen LogP contribution is 2.37. The molecule has 0 saturated carbocycles. The van der Waals surface area contributed by atoms with E-state index in [-0.39, 0.29) is 5.57 Å². The summed E-state index contributed by atoms with van der Waals surface area (Å²) in [6.45, 7) is 3.93. The largest absolute Gasteiger partial charge is 0.352 e. The van der Waals surface area contributed by atoms with Crippen molar-refractivity contribution in [1.82, 2.24) is 4.57 Å². The highest BCUT2D eigenvalue weighted by atomic mass is 32.1. The summed E-state index contributed by atoms with van der Waals surface area (Å²) in [6.07, 6.45) is 5.63. The van der Waals surface area contributed by atoms with Gasteiger partial charge in [-0.1, -0.05) is 0 Å². The van der Waals surface area contributed by atoms with Crippen molar-refractivity contribution in [1.29, 1.82) is 10.5 Å². The number of aryl methyl sites for hydroxylation is 2. The number of amides is 1. The Hall–Kier alpha value is -2.83. The van der Waals surface area contributed by atoms with E-state index in [4.69, 9.17) is 0 Å². The summed E-state index contributed by atoms with van der Waals surface area (Å²) in [5.74, 6) is -0.469. The maximum Gasteiger partial charge on any atom is 0.266 e. The van der Waals surface area contributed by atoms with E-state index in [1.54, 1.807) is 6.08 Å². The van der Waals surface area contributed by atoms with Gasteiger partial charge in [-0.05, 0) is 62.8 Å². The number of carbonyl (C=O) groups is 1. The van der Waals surface area contributed by atoms with E-state index in [9.17, 15) is 15.3 Å². The summed E-state index contributed by atoms with van der Waals surface area (Å²) >= 11 is 1.46. The number of hydrogen-bond acceptors (Lipinski definition) is 4. The Morgan fingerprint density at radius 2 is 2.04 bits per heavy atom. The van der Waals surface area contributed by atoms with Gasteiger partial charge in [0.2, 0.25) is 0 Å². The van der Waals surface area contributed by atoms with E-state index in [0.29, 0.717) is 10.6 Å². The van der Waals surface area contributed by atoms with E-state index in [0.717, 1.165) is 48.2 Å². The van der Waals surface area contributed by atoms with Crippen molar-refractivity contribution in [3.05, 3.63) is 44.6 Å². The number of hydrogen-bond donors (Lipinski definition) is 1. The van der Waals surface area contributed by atoms with Gasteiger partial charge in [0, 0.05) is 23.3 Å². The van der Waals surface area contributed by atoms with Crippen molar-refractivity contribution >= 4 is 28.3 Å². The van der Waals surface area contributed by atoms with Crippen LogP contribution in [0.25, 0.3) is 6.08 Å². The van der Waals surface area contributed by atoms with Crippen LogP contribution in [0.15, 0.2) is 11.6 Å². The zero-order valence-electron chi connectivity index (χ0n) is 15.1. The first-order valence-corrected chi connectivity index (χ1v) is 9.38. The molecule has 0 spiro atoms. The Labute approximate surface area is 157 Å². The van der Waals surface area contributed by atoms with Gasteiger partial charge in [0.25, 0.3) is 5.91 Å². The average molecular weight is 364 g/mol. The Kier molecular flexibility index (Phi) is 4.97. The molecule has 0 saturated heterocycles. The fourth-order valence-corrected chi connectivity index (χ4v) is 4.51. The number of fused-ring (bicyclic) bond motifs is 1. The SMILES string of the molecule is Cc1cc(/C=C(\C#N)C(=O)Nc2sc3c(c2C#N)CCCC3)c(C)n1C. The maximum absolute atomic E-state index is 12.6. The van der Waals surface area contributed by atoms with E-state index in [1.165, 1.54) is 16.2 Å². The summed E-state index contributed by atoms with van der Waals surface area (Å²) < 4.78 is 2.01. The molecule has 0 bridgehead atoms. The molecule has 1 aliphatic rings. The molecular weight excluding hydrogens is 344 g/mol. The molecule has 5 nitrogen and oxygen atoms in total. The van der Waals surface area contributed by atoms with Gasteiger partial charge in [-0.3, -0.25) is 4.79 Å². The Bertz CT molecular complexity index is 995. The van der Waals surface area contributed by atoms with E-state index in [2.05, 4.69) is 11.4 Å². The molecule has 0 aromatic carbocycles. The minimum atomic E-state index is -0.469. The minimum Gasteiger partial charge on any atom is -0.352 e. The van der Waals surface area contributed by atoms with Crippen molar-refractivity contribution in [2.75, 3.05) is 5.32 Å². The number of carbonyl (C=O) groups excluding carboxylic acids is 1. The van der Waals surface area contributed by atoms with Crippen LogP contribution >= 0.6 is 11.3 Å². The topological polar surface area (TPSA) is 81.6 Å². The molecule has 0 unspecified atom stereocenters. The maximum atomic E-state index is 12.6. The lowest BCUT2D eigenvalue weighted by Crippen LogP contribution is -2.13. The molecule has 0 aliphatic heterocycles. The molecule has 132 valence electrons. The average Bonchev–Trinajstić information content (AvgIpc) is 3.11. The second-order valence-electron chi connectivity index (χ2n) is 6.54. The Morgan fingerprint density at radius 1 is 1.31 bits per heavy atom. The molecule has 26 heavy (non-hydrogen) atoms. The third-order valence-corrected chi connectivity index (χ3v) is 6.20. The van der Waals surface area contributed by atoms with Gasteiger partial charge >= 0.3 is 0 Å². The summed E-state index contributed by atoms with van der Waals surface area (Å²) in [7, 11) is 1.95. The van der Waals surface area contributed by atoms with Crippen LogP contribution in [-0.4, -0.2) is 10.5 Å². The van der Waals surface area contributed by atoms with Crippen LogP contribution < -0.4 is 5.32 Å². The van der Waals surface area contributed by atoms with E-state index < -0.39 is 5.91 Å². The van der Waals surface area contributed by atoms with Gasteiger partial charge < -0.3 is 9.88 Å². The number of thiophene rings is 1. The standard InChI is InChI=1S/C20H20N4OS/c1-12-8-14(13(2)24(12)3)9-15(10-21)19(25)23-20-17(11-22)16-6-4-5-7-18(16)26-20/h8-9H,4-7H2,1-3H3,(H,23,25)/b15-9+. The van der Waals surface area contributed by atoms with Gasteiger partial charge in [-0.2, -0.15) is 10.5 Å². The lowest BCUT2D eigenvalue weighted by Gasteiger charge is -2.09. The van der Waals surface area contributed by atoms with Gasteiger partial charge in [0.15, 0.2) is 0 Å². The second-order valence-corrected chi connectivity index (χ2v) is 7.64. The molecule has 1 aliphatic carbocycles. The molecule has 3 rings (SSSR count). The van der Waals surface area contributed by atoms with Gasteiger partial charge in [-0.25, -0.2) is 0 Å². The zero-order chi connectivity index (χ0) is 18.8.